The highest BCUT2D eigenvalue weighted by Gasteiger charge is 2.30. The van der Waals surface area contributed by atoms with Crippen LogP contribution in [-0.2, 0) is 65.4 Å². The van der Waals surface area contributed by atoms with Gasteiger partial charge in [0, 0.05) is 25.7 Å². The van der Waals surface area contributed by atoms with Crippen LogP contribution in [0.25, 0.3) is 0 Å². The molecule has 0 aliphatic carbocycles. The molecule has 17 nitrogen and oxygen atoms in total. The van der Waals surface area contributed by atoms with Crippen molar-refractivity contribution in [3.05, 3.63) is 109 Å². The number of hydrogen-bond donors (Lipinski definition) is 3. The molecule has 0 aromatic rings. The summed E-state index contributed by atoms with van der Waals surface area (Å²) in [4.78, 5) is 73.0. The lowest BCUT2D eigenvalue weighted by molar-refractivity contribution is -0.161. The van der Waals surface area contributed by atoms with Crippen LogP contribution < -0.4 is 0 Å². The molecular weight excluding hydrogens is 1330 g/mol. The van der Waals surface area contributed by atoms with E-state index in [0.717, 1.165) is 180 Å². The molecule has 0 saturated carbocycles. The molecule has 0 saturated heterocycles. The van der Waals surface area contributed by atoms with Crippen molar-refractivity contribution >= 4 is 39.5 Å². The minimum atomic E-state index is -4.98. The zero-order chi connectivity index (χ0) is 74.6. The highest BCUT2D eigenvalue weighted by molar-refractivity contribution is 7.47. The van der Waals surface area contributed by atoms with Crippen molar-refractivity contribution in [3.63, 3.8) is 0 Å². The fourth-order valence-corrected chi connectivity index (χ4v) is 12.2. The number of carbonyl (C=O) groups is 4. The molecule has 19 heteroatoms. The molecule has 3 N–H and O–H groups in total. The predicted octanol–water partition coefficient (Wildman–Crippen LogP) is 23.3. The van der Waals surface area contributed by atoms with Crippen LogP contribution in [0.1, 0.15) is 336 Å². The molecule has 0 fully saturated rings. The fraction of sp³-hybridized carbons (Fsp3) is 0.735. The second kappa shape index (κ2) is 75.0. The van der Waals surface area contributed by atoms with E-state index in [-0.39, 0.29) is 25.7 Å². The van der Waals surface area contributed by atoms with E-state index in [1.165, 1.54) is 77.0 Å². The summed E-state index contributed by atoms with van der Waals surface area (Å²) < 4.78 is 68.6. The number of hydrogen-bond acceptors (Lipinski definition) is 15. The summed E-state index contributed by atoms with van der Waals surface area (Å²) in [6.45, 7) is 4.62. The van der Waals surface area contributed by atoms with Gasteiger partial charge in [0.25, 0.3) is 0 Å². The normalized spacial score (nSPS) is 14.5. The zero-order valence-electron chi connectivity index (χ0n) is 64.3. The van der Waals surface area contributed by atoms with Crippen molar-refractivity contribution in [2.45, 2.75) is 354 Å². The largest absolute Gasteiger partial charge is 0.472 e. The molecule has 102 heavy (non-hydrogen) atoms. The van der Waals surface area contributed by atoms with Crippen molar-refractivity contribution in [1.82, 2.24) is 0 Å². The standard InChI is InChI=1S/C83H144O17P2/c1-5-9-13-17-21-25-29-33-35-37-38-40-42-46-48-52-56-60-64-68-81(86)94-74-79(100-83(88)70-66-62-58-54-50-44-32-28-24-20-16-12-8-4)76-98-102(91,92)96-72-77(84)71-95-101(89,90)97-75-78(99-82(87)69-65-61-57-53-49-43-31-27-23-19-15-11-7-3)73-93-80(85)67-63-59-55-51-47-45-41-39-36-34-30-26-22-18-14-10-6-2/h9-10,13-14,21-22,25-27,31,33-36,38,40-41,45,77-79,84H,5-8,11-12,15-20,23-24,28-30,32,37,39,42-44,46-76H2,1-4H3,(H,89,90)(H,91,92)/b13-9-,14-10-,25-21-,26-22-,31-27-,35-33-,36-34-,40-38-,45-41-. The van der Waals surface area contributed by atoms with Gasteiger partial charge >= 0.3 is 39.5 Å². The van der Waals surface area contributed by atoms with E-state index in [2.05, 4.69) is 137 Å². The molecule has 5 atom stereocenters. The maximum absolute atomic E-state index is 13.1. The Morgan fingerprint density at radius 3 is 0.804 bits per heavy atom. The van der Waals surface area contributed by atoms with E-state index < -0.39 is 97.5 Å². The molecule has 0 aromatic heterocycles. The number of aliphatic hydroxyl groups is 1. The number of allylic oxidation sites excluding steroid dienone is 18. The third-order valence-electron chi connectivity index (χ3n) is 16.7. The van der Waals surface area contributed by atoms with Gasteiger partial charge in [-0.15, -0.1) is 0 Å². The van der Waals surface area contributed by atoms with Crippen LogP contribution in [0.3, 0.4) is 0 Å². The SMILES string of the molecule is CC/C=C\C/C=C\C/C=C\C/C=C\CCCCCCCCC(=O)OCC(COP(=O)(O)OCC(O)COP(=O)(O)OCC(COC(=O)CCCCCC/C=C\C/C=C\C/C=C\C/C=C\CC)OC(=O)CCCCCCC/C=C\CCCCCC)OC(=O)CCCCCCCCCCCCCCC. The summed E-state index contributed by atoms with van der Waals surface area (Å²) in [5.41, 5.74) is 0. The first kappa shape index (κ1) is 97.7. The second-order valence-electron chi connectivity index (χ2n) is 26.6. The van der Waals surface area contributed by atoms with Gasteiger partial charge in [0.2, 0.25) is 0 Å². The molecule has 5 unspecified atom stereocenters. The van der Waals surface area contributed by atoms with Crippen LogP contribution >= 0.6 is 15.6 Å². The van der Waals surface area contributed by atoms with Gasteiger partial charge in [0.15, 0.2) is 12.2 Å². The summed E-state index contributed by atoms with van der Waals surface area (Å²) in [7, 11) is -9.96. The summed E-state index contributed by atoms with van der Waals surface area (Å²) in [5.74, 6) is -2.21. The van der Waals surface area contributed by atoms with Crippen molar-refractivity contribution in [1.29, 1.82) is 0 Å². The van der Waals surface area contributed by atoms with Gasteiger partial charge in [-0.05, 0) is 128 Å². The number of phosphoric ester groups is 2. The third-order valence-corrected chi connectivity index (χ3v) is 18.6. The lowest BCUT2D eigenvalue weighted by atomic mass is 10.0. The molecule has 0 aromatic carbocycles. The smallest absolute Gasteiger partial charge is 0.462 e. The van der Waals surface area contributed by atoms with Gasteiger partial charge in [-0.2, -0.15) is 0 Å². The number of rotatable bonds is 75. The predicted molar refractivity (Wildman–Crippen MR) is 418 cm³/mol. The second-order valence-corrected chi connectivity index (χ2v) is 29.5. The lowest BCUT2D eigenvalue weighted by Gasteiger charge is -2.21. The Morgan fingerprint density at radius 1 is 0.284 bits per heavy atom. The summed E-state index contributed by atoms with van der Waals surface area (Å²) in [6, 6.07) is 0. The average molecular weight is 1480 g/mol. The Morgan fingerprint density at radius 2 is 0.510 bits per heavy atom. The molecule has 588 valence electrons. The Kier molecular flexibility index (Phi) is 71.8. The first-order chi connectivity index (χ1) is 49.7. The topological polar surface area (TPSA) is 237 Å². The van der Waals surface area contributed by atoms with Gasteiger partial charge < -0.3 is 33.8 Å². The quantitative estimate of drug-likeness (QED) is 0.0169. The van der Waals surface area contributed by atoms with E-state index in [4.69, 9.17) is 37.0 Å². The Balaban J connectivity index is 5.35. The number of esters is 4. The van der Waals surface area contributed by atoms with Gasteiger partial charge in [-0.1, -0.05) is 291 Å². The van der Waals surface area contributed by atoms with Crippen molar-refractivity contribution in [3.8, 4) is 0 Å². The minimum Gasteiger partial charge on any atom is -0.462 e. The molecule has 0 radical (unpaired) electrons. The third kappa shape index (κ3) is 74.0. The van der Waals surface area contributed by atoms with Crippen LogP contribution in [0.15, 0.2) is 109 Å². The van der Waals surface area contributed by atoms with E-state index in [1.54, 1.807) is 0 Å². The van der Waals surface area contributed by atoms with E-state index in [9.17, 15) is 43.2 Å². The summed E-state index contributed by atoms with van der Waals surface area (Å²) >= 11 is 0. The minimum absolute atomic E-state index is 0.0790. The van der Waals surface area contributed by atoms with Gasteiger partial charge in [-0.25, -0.2) is 9.13 Å². The van der Waals surface area contributed by atoms with Crippen LogP contribution in [0, 0.1) is 0 Å². The van der Waals surface area contributed by atoms with E-state index >= 15 is 0 Å². The summed E-state index contributed by atoms with van der Waals surface area (Å²) in [6.07, 6.45) is 80.6. The van der Waals surface area contributed by atoms with E-state index in [1.807, 2.05) is 0 Å². The zero-order valence-corrected chi connectivity index (χ0v) is 66.0. The van der Waals surface area contributed by atoms with Gasteiger partial charge in [0.1, 0.15) is 19.3 Å². The number of aliphatic hydroxyl groups excluding tert-OH is 1. The molecule has 0 spiro atoms. The fourth-order valence-electron chi connectivity index (χ4n) is 10.7. The number of ether oxygens (including phenoxy) is 4. The van der Waals surface area contributed by atoms with Gasteiger partial charge in [-0.3, -0.25) is 37.3 Å². The van der Waals surface area contributed by atoms with E-state index in [0.29, 0.717) is 25.7 Å². The molecular formula is C83H144O17P2. The van der Waals surface area contributed by atoms with Crippen LogP contribution in [0.5, 0.6) is 0 Å². The maximum Gasteiger partial charge on any atom is 0.472 e. The highest BCUT2D eigenvalue weighted by Crippen LogP contribution is 2.45. The van der Waals surface area contributed by atoms with Crippen molar-refractivity contribution < 1.29 is 80.2 Å². The lowest BCUT2D eigenvalue weighted by Crippen LogP contribution is -2.30. The highest BCUT2D eigenvalue weighted by atomic mass is 31.2. The van der Waals surface area contributed by atoms with Crippen molar-refractivity contribution in [2.24, 2.45) is 0 Å². The molecule has 0 bridgehead atoms. The number of phosphoric acid groups is 2. The molecule has 0 heterocycles. The Hall–Kier alpha value is -4.28. The monoisotopic (exact) mass is 1470 g/mol. The average Bonchev–Trinajstić information content (AvgIpc) is 0.909. The van der Waals surface area contributed by atoms with Crippen LogP contribution in [0.4, 0.5) is 0 Å². The Bertz CT molecular complexity index is 2360. The van der Waals surface area contributed by atoms with Crippen molar-refractivity contribution in [2.75, 3.05) is 39.6 Å². The van der Waals surface area contributed by atoms with Crippen LogP contribution in [-0.4, -0.2) is 96.7 Å². The van der Waals surface area contributed by atoms with Crippen LogP contribution in [0.2, 0.25) is 0 Å². The summed E-state index contributed by atoms with van der Waals surface area (Å²) in [5, 5.41) is 10.6. The Labute approximate surface area is 619 Å². The maximum atomic E-state index is 13.1. The molecule has 0 amide bonds. The first-order valence-electron chi connectivity index (χ1n) is 40.1. The number of carbonyl (C=O) groups excluding carboxylic acids is 4. The molecule has 0 rings (SSSR count). The number of unbranched alkanes of at least 4 members (excludes halogenated alkanes) is 31. The van der Waals surface area contributed by atoms with Gasteiger partial charge in [0.05, 0.1) is 26.4 Å². The molecule has 0 aliphatic rings. The first-order valence-corrected chi connectivity index (χ1v) is 43.1. The molecule has 0 aliphatic heterocycles.